The lowest BCUT2D eigenvalue weighted by Gasteiger charge is -2.09. The number of sulfonamides is 1. The first-order valence-corrected chi connectivity index (χ1v) is 11.7. The van der Waals surface area contributed by atoms with Crippen molar-refractivity contribution < 1.29 is 21.8 Å². The van der Waals surface area contributed by atoms with Gasteiger partial charge in [-0.05, 0) is 36.4 Å². The summed E-state index contributed by atoms with van der Waals surface area (Å²) in [4.78, 5) is 9.96. The largest absolute Gasteiger partial charge is 0.280 e. The predicted octanol–water partition coefficient (Wildman–Crippen LogP) is 2.65. The smallest absolute Gasteiger partial charge is 0.269 e. The second-order valence-corrected chi connectivity index (χ2v) is 10.0. The zero-order valence-electron chi connectivity index (χ0n) is 15.6. The van der Waals surface area contributed by atoms with Gasteiger partial charge in [-0.15, -0.1) is 10.2 Å². The summed E-state index contributed by atoms with van der Waals surface area (Å²) < 4.78 is 50.8. The number of hydrogen-bond donors (Lipinski definition) is 1. The van der Waals surface area contributed by atoms with Crippen LogP contribution in [0.1, 0.15) is 6.92 Å². The summed E-state index contributed by atoms with van der Waals surface area (Å²) >= 11 is 0. The molecule has 156 valence electrons. The molecule has 0 radical (unpaired) electrons. The Morgan fingerprint density at radius 1 is 0.900 bits per heavy atom. The Kier molecular flexibility index (Phi) is 5.80. The van der Waals surface area contributed by atoms with Crippen molar-refractivity contribution in [1.82, 2.24) is 10.2 Å². The first-order chi connectivity index (χ1) is 14.1. The second kappa shape index (κ2) is 8.16. The van der Waals surface area contributed by atoms with Gasteiger partial charge < -0.3 is 0 Å². The highest BCUT2D eigenvalue weighted by Crippen LogP contribution is 2.23. The summed E-state index contributed by atoms with van der Waals surface area (Å²) in [6.45, 7) is 1.52. The summed E-state index contributed by atoms with van der Waals surface area (Å²) in [5.74, 6) is -0.0787. The minimum Gasteiger partial charge on any atom is -0.280 e. The normalized spacial score (nSPS) is 11.8. The molecule has 12 heteroatoms. The SMILES string of the molecule is CCS(=O)(=O)c1ccc(-c2ccc(NS(=O)(=O)c3ccc([N+](=O)[O-])cc3)cc2)nn1. The zero-order valence-corrected chi connectivity index (χ0v) is 17.2. The van der Waals surface area contributed by atoms with Crippen LogP contribution in [0.4, 0.5) is 11.4 Å². The molecule has 1 aromatic heterocycles. The van der Waals surface area contributed by atoms with E-state index in [1.165, 1.54) is 31.2 Å². The van der Waals surface area contributed by atoms with E-state index in [9.17, 15) is 26.9 Å². The number of nitro groups is 1. The lowest BCUT2D eigenvalue weighted by Crippen LogP contribution is -2.12. The highest BCUT2D eigenvalue weighted by atomic mass is 32.2. The van der Waals surface area contributed by atoms with Gasteiger partial charge in [0, 0.05) is 23.4 Å². The van der Waals surface area contributed by atoms with E-state index in [2.05, 4.69) is 14.9 Å². The van der Waals surface area contributed by atoms with Crippen molar-refractivity contribution in [1.29, 1.82) is 0 Å². The van der Waals surface area contributed by atoms with E-state index in [1.807, 2.05) is 0 Å². The van der Waals surface area contributed by atoms with Gasteiger partial charge in [-0.2, -0.15) is 0 Å². The first kappa shape index (κ1) is 21.3. The molecular formula is C18H16N4O6S2. The molecule has 0 fully saturated rings. The highest BCUT2D eigenvalue weighted by Gasteiger charge is 2.17. The van der Waals surface area contributed by atoms with Gasteiger partial charge in [0.25, 0.3) is 15.7 Å². The molecule has 0 aliphatic heterocycles. The Morgan fingerprint density at radius 3 is 2.03 bits per heavy atom. The monoisotopic (exact) mass is 448 g/mol. The minimum atomic E-state index is -3.93. The van der Waals surface area contributed by atoms with Crippen molar-refractivity contribution in [2.75, 3.05) is 10.5 Å². The summed E-state index contributed by atoms with van der Waals surface area (Å²) in [5, 5.41) is 18.2. The van der Waals surface area contributed by atoms with Crippen LogP contribution in [0.15, 0.2) is 70.6 Å². The van der Waals surface area contributed by atoms with Crippen molar-refractivity contribution in [3.05, 3.63) is 70.8 Å². The van der Waals surface area contributed by atoms with Crippen LogP contribution in [0, 0.1) is 10.1 Å². The van der Waals surface area contributed by atoms with Gasteiger partial charge in [0.15, 0.2) is 14.9 Å². The summed E-state index contributed by atoms with van der Waals surface area (Å²) in [7, 11) is -7.37. The van der Waals surface area contributed by atoms with Crippen LogP contribution in [0.3, 0.4) is 0 Å². The van der Waals surface area contributed by atoms with Gasteiger partial charge in [0.2, 0.25) is 0 Å². The van der Waals surface area contributed by atoms with Crippen molar-refractivity contribution in [2.24, 2.45) is 0 Å². The number of hydrogen-bond acceptors (Lipinski definition) is 8. The fourth-order valence-corrected chi connectivity index (χ4v) is 4.25. The molecule has 10 nitrogen and oxygen atoms in total. The number of nitro benzene ring substituents is 1. The van der Waals surface area contributed by atoms with Gasteiger partial charge in [-0.3, -0.25) is 14.8 Å². The molecule has 0 saturated heterocycles. The molecule has 30 heavy (non-hydrogen) atoms. The van der Waals surface area contributed by atoms with E-state index in [0.717, 1.165) is 24.3 Å². The Balaban J connectivity index is 1.78. The second-order valence-electron chi connectivity index (χ2n) is 6.09. The predicted molar refractivity (Wildman–Crippen MR) is 109 cm³/mol. The third-order valence-corrected chi connectivity index (χ3v) is 7.14. The van der Waals surface area contributed by atoms with Crippen molar-refractivity contribution >= 4 is 31.2 Å². The van der Waals surface area contributed by atoms with E-state index in [4.69, 9.17) is 0 Å². The number of non-ortho nitro benzene ring substituents is 1. The average Bonchev–Trinajstić information content (AvgIpc) is 2.74. The van der Waals surface area contributed by atoms with Gasteiger partial charge in [0.1, 0.15) is 0 Å². The van der Waals surface area contributed by atoms with Gasteiger partial charge in [-0.1, -0.05) is 19.1 Å². The number of aromatic nitrogens is 2. The average molecular weight is 448 g/mol. The fraction of sp³-hybridized carbons (Fsp3) is 0.111. The Morgan fingerprint density at radius 2 is 1.53 bits per heavy atom. The highest BCUT2D eigenvalue weighted by molar-refractivity contribution is 7.92. The van der Waals surface area contributed by atoms with E-state index in [0.29, 0.717) is 11.3 Å². The van der Waals surface area contributed by atoms with Crippen LogP contribution in [-0.2, 0) is 19.9 Å². The quantitative estimate of drug-likeness (QED) is 0.428. The fourth-order valence-electron chi connectivity index (χ4n) is 2.46. The van der Waals surface area contributed by atoms with Crippen LogP contribution < -0.4 is 4.72 Å². The van der Waals surface area contributed by atoms with Gasteiger partial charge >= 0.3 is 0 Å². The standard InChI is InChI=1S/C18H16N4O6S2/c1-2-29(25,26)18-12-11-17(19-20-18)13-3-5-14(6-4-13)21-30(27,28)16-9-7-15(8-10-16)22(23)24/h3-12,21H,2H2,1H3. The number of nitrogens with one attached hydrogen (secondary N) is 1. The molecule has 0 unspecified atom stereocenters. The molecule has 0 saturated carbocycles. The third-order valence-electron chi connectivity index (χ3n) is 4.13. The number of anilines is 1. The summed E-state index contributed by atoms with van der Waals surface area (Å²) in [5.41, 5.74) is 1.10. The summed E-state index contributed by atoms with van der Waals surface area (Å²) in [6.07, 6.45) is 0. The van der Waals surface area contributed by atoms with E-state index in [-0.39, 0.29) is 27.0 Å². The topological polar surface area (TPSA) is 149 Å². The first-order valence-electron chi connectivity index (χ1n) is 8.56. The lowest BCUT2D eigenvalue weighted by atomic mass is 10.1. The van der Waals surface area contributed by atoms with Gasteiger partial charge in [0.05, 0.1) is 21.3 Å². The summed E-state index contributed by atoms with van der Waals surface area (Å²) in [6, 6.07) is 13.6. The van der Waals surface area contributed by atoms with Crippen LogP contribution in [0.5, 0.6) is 0 Å². The molecule has 0 aliphatic rings. The van der Waals surface area contributed by atoms with Crippen molar-refractivity contribution in [3.63, 3.8) is 0 Å². The Bertz CT molecular complexity index is 1270. The number of benzene rings is 2. The minimum absolute atomic E-state index is 0.0787. The van der Waals surface area contributed by atoms with E-state index < -0.39 is 24.8 Å². The van der Waals surface area contributed by atoms with E-state index >= 15 is 0 Å². The van der Waals surface area contributed by atoms with Crippen LogP contribution in [-0.4, -0.2) is 37.7 Å². The van der Waals surface area contributed by atoms with Crippen LogP contribution >= 0.6 is 0 Å². The number of sulfone groups is 1. The molecule has 0 amide bonds. The van der Waals surface area contributed by atoms with Crippen molar-refractivity contribution in [3.8, 4) is 11.3 Å². The molecule has 1 N–H and O–H groups in total. The number of nitrogens with zero attached hydrogens (tertiary/aromatic N) is 3. The molecule has 0 bridgehead atoms. The Hall–Kier alpha value is -3.38. The Labute approximate surface area is 172 Å². The molecule has 1 heterocycles. The molecular weight excluding hydrogens is 432 g/mol. The molecule has 3 aromatic rings. The third kappa shape index (κ3) is 4.60. The van der Waals surface area contributed by atoms with E-state index in [1.54, 1.807) is 12.1 Å². The molecule has 3 rings (SSSR count). The molecule has 2 aromatic carbocycles. The molecule has 0 spiro atoms. The lowest BCUT2D eigenvalue weighted by molar-refractivity contribution is -0.384. The van der Waals surface area contributed by atoms with Crippen LogP contribution in [0.25, 0.3) is 11.3 Å². The molecule has 0 aliphatic carbocycles. The maximum atomic E-state index is 12.4. The molecule has 0 atom stereocenters. The maximum Gasteiger partial charge on any atom is 0.269 e. The maximum absolute atomic E-state index is 12.4. The zero-order chi connectivity index (χ0) is 21.9. The number of rotatable bonds is 7. The van der Waals surface area contributed by atoms with Crippen LogP contribution in [0.2, 0.25) is 0 Å². The van der Waals surface area contributed by atoms with Crippen molar-refractivity contribution in [2.45, 2.75) is 16.8 Å². The van der Waals surface area contributed by atoms with Gasteiger partial charge in [-0.25, -0.2) is 16.8 Å².